The third-order valence-electron chi connectivity index (χ3n) is 2.30. The molecular formula is C10H11NO4. The second-order valence-electron chi connectivity index (χ2n) is 3.33. The first-order chi connectivity index (χ1) is 7.18. The average Bonchev–Trinajstić information content (AvgIpc) is 2.67. The van der Waals surface area contributed by atoms with Crippen LogP contribution in [0.4, 0.5) is 0 Å². The summed E-state index contributed by atoms with van der Waals surface area (Å²) in [5.41, 5.74) is 0.557. The number of ether oxygens (including phenoxy) is 1. The zero-order chi connectivity index (χ0) is 10.8. The number of phenols is 1. The van der Waals surface area contributed by atoms with Crippen molar-refractivity contribution in [2.45, 2.75) is 12.3 Å². The number of nitrogens with one attached hydrogen (secondary N) is 1. The molecule has 0 aromatic heterocycles. The molecule has 5 nitrogen and oxygen atoms in total. The zero-order valence-electron chi connectivity index (χ0n) is 7.88. The molecule has 15 heavy (non-hydrogen) atoms. The highest BCUT2D eigenvalue weighted by molar-refractivity contribution is 5.74. The summed E-state index contributed by atoms with van der Waals surface area (Å²) in [7, 11) is 0. The number of carbonyl (C=O) groups is 1. The van der Waals surface area contributed by atoms with E-state index in [9.17, 15) is 9.90 Å². The average molecular weight is 209 g/mol. The molecule has 1 saturated heterocycles. The molecule has 80 valence electrons. The Bertz CT molecular complexity index is 379. The van der Waals surface area contributed by atoms with E-state index < -0.39 is 18.2 Å². The van der Waals surface area contributed by atoms with Crippen molar-refractivity contribution >= 4 is 5.97 Å². The number of rotatable bonds is 2. The lowest BCUT2D eigenvalue weighted by atomic mass is 10.2. The number of hydrogen-bond acceptors (Lipinski definition) is 4. The van der Waals surface area contributed by atoms with E-state index in [4.69, 9.17) is 9.84 Å². The van der Waals surface area contributed by atoms with Crippen molar-refractivity contribution in [2.24, 2.45) is 0 Å². The Morgan fingerprint density at radius 1 is 1.47 bits per heavy atom. The van der Waals surface area contributed by atoms with Gasteiger partial charge in [-0.3, -0.25) is 10.1 Å². The van der Waals surface area contributed by atoms with Gasteiger partial charge in [-0.25, -0.2) is 0 Å². The van der Waals surface area contributed by atoms with Crippen molar-refractivity contribution < 1.29 is 19.7 Å². The van der Waals surface area contributed by atoms with Crippen molar-refractivity contribution in [1.82, 2.24) is 5.32 Å². The van der Waals surface area contributed by atoms with Crippen LogP contribution < -0.4 is 5.32 Å². The van der Waals surface area contributed by atoms with Crippen molar-refractivity contribution in [2.75, 3.05) is 6.61 Å². The van der Waals surface area contributed by atoms with Crippen molar-refractivity contribution in [3.63, 3.8) is 0 Å². The minimum Gasteiger partial charge on any atom is -0.508 e. The molecule has 0 saturated carbocycles. The summed E-state index contributed by atoms with van der Waals surface area (Å²) >= 11 is 0. The van der Waals surface area contributed by atoms with E-state index in [0.717, 1.165) is 0 Å². The highest BCUT2D eigenvalue weighted by atomic mass is 16.5. The van der Waals surface area contributed by atoms with Crippen LogP contribution in [0.1, 0.15) is 11.8 Å². The third kappa shape index (κ3) is 1.93. The monoisotopic (exact) mass is 209 g/mol. The van der Waals surface area contributed by atoms with Gasteiger partial charge < -0.3 is 14.9 Å². The fraction of sp³-hybridized carbons (Fsp3) is 0.300. The number of benzene rings is 1. The molecular weight excluding hydrogens is 198 g/mol. The maximum absolute atomic E-state index is 10.7. The van der Waals surface area contributed by atoms with Crippen LogP contribution in [-0.2, 0) is 9.53 Å². The Hall–Kier alpha value is -1.59. The number of carboxylic acid groups (broad SMARTS) is 1. The number of phenolic OH excluding ortho intramolecular Hbond substituents is 1. The predicted octanol–water partition coefficient (Wildman–Crippen LogP) is 0.464. The van der Waals surface area contributed by atoms with Gasteiger partial charge in [0.15, 0.2) is 0 Å². The fourth-order valence-electron chi connectivity index (χ4n) is 1.50. The van der Waals surface area contributed by atoms with Gasteiger partial charge in [-0.2, -0.15) is 0 Å². The first kappa shape index (κ1) is 9.95. The first-order valence-corrected chi connectivity index (χ1v) is 4.57. The number of aromatic hydroxyl groups is 1. The van der Waals surface area contributed by atoms with Crippen molar-refractivity contribution in [3.8, 4) is 5.75 Å². The van der Waals surface area contributed by atoms with Gasteiger partial charge >= 0.3 is 5.97 Å². The van der Waals surface area contributed by atoms with Gasteiger partial charge in [-0.15, -0.1) is 0 Å². The lowest BCUT2D eigenvalue weighted by Gasteiger charge is -2.12. The Kier molecular flexibility index (Phi) is 2.57. The molecule has 0 radical (unpaired) electrons. The molecule has 1 aliphatic heterocycles. The van der Waals surface area contributed by atoms with Crippen LogP contribution in [0.2, 0.25) is 0 Å². The van der Waals surface area contributed by atoms with Crippen LogP contribution in [0.15, 0.2) is 24.3 Å². The number of hydrogen-bond donors (Lipinski definition) is 3. The number of aliphatic carboxylic acids is 1. The van der Waals surface area contributed by atoms with E-state index in [1.807, 2.05) is 0 Å². The third-order valence-corrected chi connectivity index (χ3v) is 2.30. The summed E-state index contributed by atoms with van der Waals surface area (Å²) in [6, 6.07) is 5.97. The molecule has 0 aliphatic carbocycles. The topological polar surface area (TPSA) is 78.8 Å². The minimum atomic E-state index is -0.951. The van der Waals surface area contributed by atoms with Crippen LogP contribution in [0.3, 0.4) is 0 Å². The SMILES string of the molecule is O=C(O)C1COC(c2ccccc2O)N1. The van der Waals surface area contributed by atoms with E-state index in [1.165, 1.54) is 6.07 Å². The molecule has 0 spiro atoms. The maximum atomic E-state index is 10.7. The molecule has 1 aromatic rings. The molecule has 3 N–H and O–H groups in total. The molecule has 0 bridgehead atoms. The van der Waals surface area contributed by atoms with Gasteiger partial charge in [-0.05, 0) is 6.07 Å². The van der Waals surface area contributed by atoms with E-state index in [2.05, 4.69) is 5.32 Å². The highest BCUT2D eigenvalue weighted by Gasteiger charge is 2.31. The summed E-state index contributed by atoms with van der Waals surface area (Å²) in [5.74, 6) is -0.853. The quantitative estimate of drug-likeness (QED) is 0.659. The van der Waals surface area contributed by atoms with Crippen LogP contribution in [-0.4, -0.2) is 28.8 Å². The van der Waals surface area contributed by atoms with Gasteiger partial charge in [0.2, 0.25) is 0 Å². The minimum absolute atomic E-state index is 0.0982. The standard InChI is InChI=1S/C10H11NO4/c12-8-4-2-1-3-6(8)9-11-7(5-15-9)10(13)14/h1-4,7,9,11-12H,5H2,(H,13,14). The van der Waals surface area contributed by atoms with Gasteiger partial charge in [0.25, 0.3) is 0 Å². The molecule has 5 heteroatoms. The second-order valence-corrected chi connectivity index (χ2v) is 3.33. The molecule has 1 aliphatic rings. The molecule has 0 amide bonds. The molecule has 2 rings (SSSR count). The Morgan fingerprint density at radius 3 is 2.80 bits per heavy atom. The zero-order valence-corrected chi connectivity index (χ0v) is 7.88. The Labute approximate surface area is 86.3 Å². The summed E-state index contributed by atoms with van der Waals surface area (Å²) in [4.78, 5) is 10.7. The lowest BCUT2D eigenvalue weighted by Crippen LogP contribution is -2.33. The summed E-state index contributed by atoms with van der Waals surface area (Å²) < 4.78 is 5.24. The van der Waals surface area contributed by atoms with Crippen LogP contribution in [0.25, 0.3) is 0 Å². The van der Waals surface area contributed by atoms with Gasteiger partial charge in [0.05, 0.1) is 6.61 Å². The largest absolute Gasteiger partial charge is 0.508 e. The molecule has 2 atom stereocenters. The van der Waals surface area contributed by atoms with Crippen LogP contribution in [0.5, 0.6) is 5.75 Å². The van der Waals surface area contributed by atoms with E-state index in [0.29, 0.717) is 5.56 Å². The van der Waals surface area contributed by atoms with Gasteiger partial charge in [-0.1, -0.05) is 18.2 Å². The van der Waals surface area contributed by atoms with Gasteiger partial charge in [0.1, 0.15) is 18.0 Å². The van der Waals surface area contributed by atoms with Crippen molar-refractivity contribution in [1.29, 1.82) is 0 Å². The highest BCUT2D eigenvalue weighted by Crippen LogP contribution is 2.27. The fourth-order valence-corrected chi connectivity index (χ4v) is 1.50. The van der Waals surface area contributed by atoms with Gasteiger partial charge in [0, 0.05) is 5.56 Å². The first-order valence-electron chi connectivity index (χ1n) is 4.57. The predicted molar refractivity (Wildman–Crippen MR) is 51.4 cm³/mol. The molecule has 1 aromatic carbocycles. The van der Waals surface area contributed by atoms with Crippen molar-refractivity contribution in [3.05, 3.63) is 29.8 Å². The summed E-state index contributed by atoms with van der Waals surface area (Å²) in [5, 5.41) is 21.0. The smallest absolute Gasteiger partial charge is 0.323 e. The maximum Gasteiger partial charge on any atom is 0.323 e. The Morgan fingerprint density at radius 2 is 2.20 bits per heavy atom. The van der Waals surface area contributed by atoms with E-state index in [-0.39, 0.29) is 12.4 Å². The number of para-hydroxylation sites is 1. The summed E-state index contributed by atoms with van der Waals surface area (Å²) in [6.07, 6.45) is -0.549. The second kappa shape index (κ2) is 3.88. The van der Waals surface area contributed by atoms with E-state index in [1.54, 1.807) is 18.2 Å². The Balaban J connectivity index is 2.14. The van der Waals surface area contributed by atoms with E-state index >= 15 is 0 Å². The van der Waals surface area contributed by atoms with Crippen LogP contribution in [0, 0.1) is 0 Å². The molecule has 2 unspecified atom stereocenters. The molecule has 1 fully saturated rings. The number of carboxylic acids is 1. The lowest BCUT2D eigenvalue weighted by molar-refractivity contribution is -0.139. The summed E-state index contributed by atoms with van der Waals surface area (Å²) in [6.45, 7) is 0.105. The molecule has 1 heterocycles. The van der Waals surface area contributed by atoms with Crippen LogP contribution >= 0.6 is 0 Å². The normalized spacial score (nSPS) is 25.3.